The van der Waals surface area contributed by atoms with Crippen molar-refractivity contribution in [3.8, 4) is 11.4 Å². The van der Waals surface area contributed by atoms with Gasteiger partial charge in [-0.15, -0.1) is 5.10 Å². The zero-order valence-electron chi connectivity index (χ0n) is 19.6. The molecule has 0 spiro atoms. The molecule has 1 saturated heterocycles. The van der Waals surface area contributed by atoms with E-state index < -0.39 is 5.82 Å². The van der Waals surface area contributed by atoms with Crippen molar-refractivity contribution < 1.29 is 8.91 Å². The van der Waals surface area contributed by atoms with Gasteiger partial charge in [-0.1, -0.05) is 35.0 Å². The van der Waals surface area contributed by atoms with E-state index in [2.05, 4.69) is 61.2 Å². The number of hydrogen-bond acceptors (Lipinski definition) is 8. The highest BCUT2D eigenvalue weighted by molar-refractivity contribution is 5.64. The fourth-order valence-corrected chi connectivity index (χ4v) is 4.39. The van der Waals surface area contributed by atoms with Gasteiger partial charge in [0.25, 0.3) is 0 Å². The molecule has 0 amide bonds. The van der Waals surface area contributed by atoms with E-state index in [1.54, 1.807) is 24.5 Å². The van der Waals surface area contributed by atoms with Crippen LogP contribution in [0.15, 0.2) is 70.2 Å². The first kappa shape index (κ1) is 22.0. The van der Waals surface area contributed by atoms with Crippen LogP contribution in [0.3, 0.4) is 0 Å². The molecule has 1 fully saturated rings. The number of aryl methyl sites for hydroxylation is 1. The molecule has 5 aromatic rings. The van der Waals surface area contributed by atoms with Crippen molar-refractivity contribution >= 4 is 17.2 Å². The quantitative estimate of drug-likeness (QED) is 0.374. The summed E-state index contributed by atoms with van der Waals surface area (Å²) in [5.41, 5.74) is 3.06. The zero-order valence-corrected chi connectivity index (χ0v) is 19.6. The normalized spacial score (nSPS) is 14.1. The molecule has 0 saturated carbocycles. The monoisotopic (exact) mass is 486 g/mol. The number of hydrogen-bond donors (Lipinski definition) is 0. The van der Waals surface area contributed by atoms with Gasteiger partial charge in [0, 0.05) is 49.8 Å². The van der Waals surface area contributed by atoms with Gasteiger partial charge in [0.2, 0.25) is 17.4 Å². The Bertz CT molecular complexity index is 1580. The number of aromatic nitrogens is 6. The van der Waals surface area contributed by atoms with E-state index in [9.17, 15) is 9.18 Å². The number of benzene rings is 2. The molecule has 10 nitrogen and oxygen atoms in total. The predicted octanol–water partition coefficient (Wildman–Crippen LogP) is 2.76. The molecule has 36 heavy (non-hydrogen) atoms. The molecule has 0 bridgehead atoms. The fourth-order valence-electron chi connectivity index (χ4n) is 4.39. The van der Waals surface area contributed by atoms with Gasteiger partial charge in [0.15, 0.2) is 5.82 Å². The van der Waals surface area contributed by atoms with Gasteiger partial charge >= 0.3 is 5.69 Å². The highest BCUT2D eigenvalue weighted by Crippen LogP contribution is 2.22. The molecule has 11 heteroatoms. The van der Waals surface area contributed by atoms with Crippen LogP contribution in [0.4, 0.5) is 15.9 Å². The van der Waals surface area contributed by atoms with Crippen LogP contribution < -0.4 is 15.5 Å². The van der Waals surface area contributed by atoms with Gasteiger partial charge in [-0.25, -0.2) is 23.3 Å². The Morgan fingerprint density at radius 2 is 1.81 bits per heavy atom. The molecule has 0 aliphatic carbocycles. The van der Waals surface area contributed by atoms with Crippen LogP contribution in [0.25, 0.3) is 17.0 Å². The van der Waals surface area contributed by atoms with Crippen molar-refractivity contribution in [2.75, 3.05) is 36.0 Å². The maximum Gasteiger partial charge on any atom is 0.350 e. The molecule has 4 heterocycles. The Morgan fingerprint density at radius 3 is 2.58 bits per heavy atom. The topological polar surface area (TPSA) is 97.6 Å². The Labute approximate surface area is 205 Å². The van der Waals surface area contributed by atoms with Gasteiger partial charge in [0.05, 0.1) is 0 Å². The maximum atomic E-state index is 13.5. The molecule has 182 valence electrons. The summed E-state index contributed by atoms with van der Waals surface area (Å²) in [6.07, 6.45) is 3.20. The molecular formula is C25H23FN8O2. The number of rotatable bonds is 5. The lowest BCUT2D eigenvalue weighted by Crippen LogP contribution is -2.47. The summed E-state index contributed by atoms with van der Waals surface area (Å²) in [5.74, 6) is 0.703. The summed E-state index contributed by atoms with van der Waals surface area (Å²) >= 11 is 0. The van der Waals surface area contributed by atoms with Gasteiger partial charge < -0.3 is 14.3 Å². The minimum absolute atomic E-state index is 0.0104. The van der Waals surface area contributed by atoms with Crippen LogP contribution in [0.1, 0.15) is 11.5 Å². The highest BCUT2D eigenvalue weighted by Gasteiger charge is 2.23. The molecule has 1 aliphatic rings. The van der Waals surface area contributed by atoms with E-state index in [0.717, 1.165) is 26.2 Å². The summed E-state index contributed by atoms with van der Waals surface area (Å²) < 4.78 is 21.6. The van der Waals surface area contributed by atoms with Gasteiger partial charge in [-0.05, 0) is 31.2 Å². The minimum atomic E-state index is -0.393. The third-order valence-electron chi connectivity index (χ3n) is 6.30. The van der Waals surface area contributed by atoms with E-state index in [4.69, 9.17) is 4.52 Å². The highest BCUT2D eigenvalue weighted by atomic mass is 19.1. The molecule has 3 aromatic heterocycles. The molecule has 2 aromatic carbocycles. The number of anilines is 2. The minimum Gasteiger partial charge on any atom is -0.368 e. The van der Waals surface area contributed by atoms with E-state index >= 15 is 0 Å². The van der Waals surface area contributed by atoms with Crippen molar-refractivity contribution in [2.24, 2.45) is 0 Å². The first-order chi connectivity index (χ1) is 17.5. The molecular weight excluding hydrogens is 463 g/mol. The van der Waals surface area contributed by atoms with Crippen LogP contribution in [0, 0.1) is 12.7 Å². The Hall–Kier alpha value is -4.54. The Morgan fingerprint density at radius 1 is 1.03 bits per heavy atom. The number of nitrogens with zero attached hydrogens (tertiary/aromatic N) is 8. The lowest BCUT2D eigenvalue weighted by atomic mass is 10.2. The average Bonchev–Trinajstić information content (AvgIpc) is 3.49. The largest absolute Gasteiger partial charge is 0.368 e. The summed E-state index contributed by atoms with van der Waals surface area (Å²) in [4.78, 5) is 26.3. The van der Waals surface area contributed by atoms with Crippen LogP contribution in [0.5, 0.6) is 0 Å². The number of fused-ring (bicyclic) bond motifs is 1. The lowest BCUT2D eigenvalue weighted by Gasteiger charge is -2.36. The van der Waals surface area contributed by atoms with E-state index in [-0.39, 0.29) is 23.9 Å². The number of halogens is 1. The Kier molecular flexibility index (Phi) is 5.44. The van der Waals surface area contributed by atoms with Crippen molar-refractivity contribution in [3.63, 3.8) is 0 Å². The second-order valence-corrected chi connectivity index (χ2v) is 8.72. The predicted molar refractivity (Wildman–Crippen MR) is 132 cm³/mol. The van der Waals surface area contributed by atoms with E-state index in [1.807, 2.05) is 0 Å². The maximum absolute atomic E-state index is 13.5. The van der Waals surface area contributed by atoms with E-state index in [0.29, 0.717) is 17.0 Å². The third-order valence-corrected chi connectivity index (χ3v) is 6.30. The molecule has 0 unspecified atom stereocenters. The fraction of sp³-hybridized carbons (Fsp3) is 0.240. The first-order valence-corrected chi connectivity index (χ1v) is 11.6. The van der Waals surface area contributed by atoms with Gasteiger partial charge in [0.1, 0.15) is 12.4 Å². The standard InChI is InChI=1S/C25H23FN8O2/c1-17-5-7-20(8-6-17)31-11-13-32(14-12-31)23-24-29-34(25(35)33(24)10-9-27-23)16-21-28-22(30-36-21)18-3-2-4-19(26)15-18/h2-10,15H,11-14,16H2,1H3. The SMILES string of the molecule is Cc1ccc(N2CCN(c3nccn4c(=O)n(Cc5nc(-c6cccc(F)c6)no5)nc34)CC2)cc1. The van der Waals surface area contributed by atoms with Crippen LogP contribution in [-0.2, 0) is 6.54 Å². The van der Waals surface area contributed by atoms with Gasteiger partial charge in [-0.2, -0.15) is 4.98 Å². The van der Waals surface area contributed by atoms with Crippen molar-refractivity contribution in [3.05, 3.63) is 88.7 Å². The van der Waals surface area contributed by atoms with Crippen LogP contribution >= 0.6 is 0 Å². The van der Waals surface area contributed by atoms with Crippen LogP contribution in [-0.4, -0.2) is 55.5 Å². The summed E-state index contributed by atoms with van der Waals surface area (Å²) in [5, 5.41) is 8.43. The van der Waals surface area contributed by atoms with Gasteiger partial charge in [-0.3, -0.25) is 0 Å². The Balaban J connectivity index is 1.23. The van der Waals surface area contributed by atoms with E-state index in [1.165, 1.54) is 32.5 Å². The number of piperazine rings is 1. The first-order valence-electron chi connectivity index (χ1n) is 11.6. The van der Waals surface area contributed by atoms with Crippen molar-refractivity contribution in [1.82, 2.24) is 29.3 Å². The third kappa shape index (κ3) is 4.08. The van der Waals surface area contributed by atoms with Crippen LogP contribution in [0.2, 0.25) is 0 Å². The molecule has 0 N–H and O–H groups in total. The molecule has 1 aliphatic heterocycles. The second-order valence-electron chi connectivity index (χ2n) is 8.72. The van der Waals surface area contributed by atoms with Crippen molar-refractivity contribution in [2.45, 2.75) is 13.5 Å². The zero-order chi connectivity index (χ0) is 24.6. The summed E-state index contributed by atoms with van der Waals surface area (Å²) in [7, 11) is 0. The molecule has 0 atom stereocenters. The lowest BCUT2D eigenvalue weighted by molar-refractivity contribution is 0.364. The smallest absolute Gasteiger partial charge is 0.350 e. The molecule has 0 radical (unpaired) electrons. The average molecular weight is 487 g/mol. The summed E-state index contributed by atoms with van der Waals surface area (Å²) in [6, 6.07) is 14.4. The van der Waals surface area contributed by atoms with Crippen molar-refractivity contribution in [1.29, 1.82) is 0 Å². The molecule has 6 rings (SSSR count). The summed E-state index contributed by atoms with van der Waals surface area (Å²) in [6.45, 7) is 5.24. The second kappa shape index (κ2) is 8.91.